The summed E-state index contributed by atoms with van der Waals surface area (Å²) in [4.78, 5) is 21.7. The molecule has 0 saturated heterocycles. The van der Waals surface area contributed by atoms with Crippen molar-refractivity contribution in [1.29, 1.82) is 0 Å². The Balaban J connectivity index is 2.14. The van der Waals surface area contributed by atoms with E-state index in [2.05, 4.69) is 39.8 Å². The largest absolute Gasteiger partial charge is 0.358 e. The molecule has 0 bridgehead atoms. The molecule has 6 nitrogen and oxygen atoms in total. The van der Waals surface area contributed by atoms with Crippen LogP contribution in [0.25, 0.3) is 10.2 Å². The molecule has 2 rings (SSSR count). The fraction of sp³-hybridized carbons (Fsp3) is 0.500. The Bertz CT molecular complexity index is 625. The van der Waals surface area contributed by atoms with Crippen LogP contribution in [0.2, 0.25) is 0 Å². The smallest absolute Gasteiger partial charge is 0.242 e. The highest BCUT2D eigenvalue weighted by molar-refractivity contribution is 7.16. The van der Waals surface area contributed by atoms with E-state index in [1.807, 2.05) is 18.4 Å². The summed E-state index contributed by atoms with van der Waals surface area (Å²) in [7, 11) is 1.78. The minimum atomic E-state index is -0.355. The van der Waals surface area contributed by atoms with Gasteiger partial charge in [0.2, 0.25) is 11.9 Å². The van der Waals surface area contributed by atoms with Gasteiger partial charge in [0, 0.05) is 13.6 Å². The Morgan fingerprint density at radius 1 is 1.33 bits per heavy atom. The molecule has 1 atom stereocenters. The molecule has 3 N–H and O–H groups in total. The maximum absolute atomic E-state index is 12.1. The predicted molar refractivity (Wildman–Crippen MR) is 87.9 cm³/mol. The molecule has 0 saturated carbocycles. The number of aromatic nitrogens is 2. The SMILES string of the molecule is CNc1nc(NC(C)C(=O)NCC(C)C)c2ccsc2n1. The third-order valence-electron chi connectivity index (χ3n) is 2.98. The molecule has 114 valence electrons. The molecule has 0 aliphatic carbocycles. The van der Waals surface area contributed by atoms with Gasteiger partial charge in [-0.25, -0.2) is 4.98 Å². The number of hydrogen-bond donors (Lipinski definition) is 3. The first-order valence-corrected chi connectivity index (χ1v) is 7.86. The van der Waals surface area contributed by atoms with E-state index in [1.165, 1.54) is 0 Å². The summed E-state index contributed by atoms with van der Waals surface area (Å²) in [5.41, 5.74) is 0. The molecule has 0 aliphatic heterocycles. The van der Waals surface area contributed by atoms with E-state index in [0.717, 1.165) is 10.2 Å². The minimum absolute atomic E-state index is 0.0308. The second kappa shape index (κ2) is 6.71. The summed E-state index contributed by atoms with van der Waals surface area (Å²) in [6.07, 6.45) is 0. The van der Waals surface area contributed by atoms with Crippen LogP contribution in [0.15, 0.2) is 11.4 Å². The fourth-order valence-corrected chi connectivity index (χ4v) is 2.57. The van der Waals surface area contributed by atoms with Gasteiger partial charge >= 0.3 is 0 Å². The minimum Gasteiger partial charge on any atom is -0.358 e. The zero-order valence-corrected chi connectivity index (χ0v) is 13.5. The van der Waals surface area contributed by atoms with E-state index < -0.39 is 0 Å². The first-order chi connectivity index (χ1) is 10.0. The van der Waals surface area contributed by atoms with E-state index in [0.29, 0.717) is 24.2 Å². The first kappa shape index (κ1) is 15.5. The molecular formula is C14H21N5OS. The van der Waals surface area contributed by atoms with Gasteiger partial charge in [-0.15, -0.1) is 11.3 Å². The van der Waals surface area contributed by atoms with Gasteiger partial charge in [0.15, 0.2) is 0 Å². The number of fused-ring (bicyclic) bond motifs is 1. The van der Waals surface area contributed by atoms with Crippen LogP contribution >= 0.6 is 11.3 Å². The number of nitrogens with one attached hydrogen (secondary N) is 3. The molecule has 2 aromatic rings. The number of amides is 1. The lowest BCUT2D eigenvalue weighted by atomic mass is 10.2. The van der Waals surface area contributed by atoms with Crippen LogP contribution in [0.1, 0.15) is 20.8 Å². The van der Waals surface area contributed by atoms with Gasteiger partial charge in [-0.05, 0) is 24.3 Å². The molecule has 2 aromatic heterocycles. The Morgan fingerprint density at radius 3 is 2.76 bits per heavy atom. The number of thiophene rings is 1. The van der Waals surface area contributed by atoms with E-state index in [-0.39, 0.29) is 11.9 Å². The fourth-order valence-electron chi connectivity index (χ4n) is 1.81. The van der Waals surface area contributed by atoms with Gasteiger partial charge < -0.3 is 16.0 Å². The van der Waals surface area contributed by atoms with E-state index in [9.17, 15) is 4.79 Å². The van der Waals surface area contributed by atoms with Crippen LogP contribution in [0.3, 0.4) is 0 Å². The van der Waals surface area contributed by atoms with Gasteiger partial charge in [-0.2, -0.15) is 4.98 Å². The number of anilines is 2. The van der Waals surface area contributed by atoms with Crippen molar-refractivity contribution in [2.45, 2.75) is 26.8 Å². The molecule has 0 radical (unpaired) electrons. The molecule has 21 heavy (non-hydrogen) atoms. The van der Waals surface area contributed by atoms with Crippen molar-refractivity contribution in [2.75, 3.05) is 24.2 Å². The van der Waals surface area contributed by atoms with Crippen molar-refractivity contribution < 1.29 is 4.79 Å². The Kier molecular flexibility index (Phi) is 4.95. The normalized spacial score (nSPS) is 12.4. The zero-order valence-electron chi connectivity index (χ0n) is 12.7. The second-order valence-electron chi connectivity index (χ2n) is 5.29. The molecule has 1 unspecified atom stereocenters. The molecule has 2 heterocycles. The monoisotopic (exact) mass is 307 g/mol. The van der Waals surface area contributed by atoms with E-state index >= 15 is 0 Å². The summed E-state index contributed by atoms with van der Waals surface area (Å²) in [6.45, 7) is 6.63. The number of carbonyl (C=O) groups is 1. The maximum Gasteiger partial charge on any atom is 0.242 e. The Morgan fingerprint density at radius 2 is 2.10 bits per heavy atom. The van der Waals surface area contributed by atoms with Gasteiger partial charge in [-0.1, -0.05) is 13.8 Å². The lowest BCUT2D eigenvalue weighted by Crippen LogP contribution is -2.39. The highest BCUT2D eigenvalue weighted by Gasteiger charge is 2.16. The second-order valence-corrected chi connectivity index (χ2v) is 6.18. The van der Waals surface area contributed by atoms with Crippen molar-refractivity contribution in [3.63, 3.8) is 0 Å². The van der Waals surface area contributed by atoms with Crippen molar-refractivity contribution >= 4 is 39.2 Å². The van der Waals surface area contributed by atoms with E-state index in [1.54, 1.807) is 18.4 Å². The summed E-state index contributed by atoms with van der Waals surface area (Å²) in [5, 5.41) is 11.9. The lowest BCUT2D eigenvalue weighted by Gasteiger charge is -2.16. The van der Waals surface area contributed by atoms with Gasteiger partial charge in [0.05, 0.1) is 5.39 Å². The number of hydrogen-bond acceptors (Lipinski definition) is 6. The van der Waals surface area contributed by atoms with Gasteiger partial charge in [0.25, 0.3) is 0 Å². The van der Waals surface area contributed by atoms with Crippen LogP contribution in [0.4, 0.5) is 11.8 Å². The van der Waals surface area contributed by atoms with Crippen LogP contribution in [-0.4, -0.2) is 35.5 Å². The number of nitrogens with zero attached hydrogens (tertiary/aromatic N) is 2. The molecular weight excluding hydrogens is 286 g/mol. The van der Waals surface area contributed by atoms with E-state index in [4.69, 9.17) is 0 Å². The average Bonchev–Trinajstić information content (AvgIpc) is 2.92. The van der Waals surface area contributed by atoms with Crippen molar-refractivity contribution in [1.82, 2.24) is 15.3 Å². The predicted octanol–water partition coefficient (Wildman–Crippen LogP) is 2.31. The molecule has 0 aliphatic rings. The summed E-state index contributed by atoms with van der Waals surface area (Å²) in [5.74, 6) is 1.62. The summed E-state index contributed by atoms with van der Waals surface area (Å²) >= 11 is 1.55. The first-order valence-electron chi connectivity index (χ1n) is 6.98. The van der Waals surface area contributed by atoms with Crippen LogP contribution in [0, 0.1) is 5.92 Å². The van der Waals surface area contributed by atoms with Crippen molar-refractivity contribution in [3.05, 3.63) is 11.4 Å². The van der Waals surface area contributed by atoms with Crippen molar-refractivity contribution in [3.8, 4) is 0 Å². The third kappa shape index (κ3) is 3.81. The molecule has 7 heteroatoms. The standard InChI is InChI=1S/C14H21N5OS/c1-8(2)7-16-12(20)9(3)17-11-10-5-6-21-13(10)19-14(15-4)18-11/h5-6,8-9H,7H2,1-4H3,(H,16,20)(H2,15,17,18,19). The summed E-state index contributed by atoms with van der Waals surface area (Å²) in [6, 6.07) is 1.60. The molecule has 0 spiro atoms. The molecule has 0 aromatic carbocycles. The van der Waals surface area contributed by atoms with Gasteiger partial charge in [0.1, 0.15) is 16.7 Å². The molecule has 0 fully saturated rings. The van der Waals surface area contributed by atoms with Crippen molar-refractivity contribution in [2.24, 2.45) is 5.92 Å². The highest BCUT2D eigenvalue weighted by atomic mass is 32.1. The topological polar surface area (TPSA) is 78.9 Å². The van der Waals surface area contributed by atoms with Gasteiger partial charge in [-0.3, -0.25) is 4.79 Å². The number of rotatable bonds is 6. The third-order valence-corrected chi connectivity index (χ3v) is 3.79. The Labute approximate surface area is 128 Å². The zero-order chi connectivity index (χ0) is 15.4. The van der Waals surface area contributed by atoms with Crippen LogP contribution in [-0.2, 0) is 4.79 Å². The average molecular weight is 307 g/mol. The number of carbonyl (C=O) groups excluding carboxylic acids is 1. The van der Waals surface area contributed by atoms with Crippen LogP contribution in [0.5, 0.6) is 0 Å². The summed E-state index contributed by atoms with van der Waals surface area (Å²) < 4.78 is 0. The lowest BCUT2D eigenvalue weighted by molar-refractivity contribution is -0.121. The highest BCUT2D eigenvalue weighted by Crippen LogP contribution is 2.26. The molecule has 1 amide bonds. The maximum atomic E-state index is 12.1. The quantitative estimate of drug-likeness (QED) is 0.763. The van der Waals surface area contributed by atoms with Crippen LogP contribution < -0.4 is 16.0 Å². The Hall–Kier alpha value is -1.89.